The van der Waals surface area contributed by atoms with Crippen LogP contribution in [0.15, 0.2) is 61.2 Å². The molecule has 0 aliphatic carbocycles. The molecule has 2 amide bonds. The van der Waals surface area contributed by atoms with Gasteiger partial charge in [-0.15, -0.1) is 0 Å². The molecule has 1 atom stereocenters. The van der Waals surface area contributed by atoms with Gasteiger partial charge in [-0.3, -0.25) is 0 Å². The van der Waals surface area contributed by atoms with Crippen LogP contribution in [0.3, 0.4) is 0 Å². The lowest BCUT2D eigenvalue weighted by molar-refractivity contribution is 0.237. The number of rotatable bonds is 6. The Hall–Kier alpha value is -3.35. The van der Waals surface area contributed by atoms with Crippen molar-refractivity contribution in [2.45, 2.75) is 19.5 Å². The summed E-state index contributed by atoms with van der Waals surface area (Å²) in [6.45, 7) is 2.44. The maximum absolute atomic E-state index is 12.2. The van der Waals surface area contributed by atoms with E-state index < -0.39 is 0 Å². The number of carbonyl (C=O) groups is 1. The van der Waals surface area contributed by atoms with Crippen molar-refractivity contribution in [1.29, 1.82) is 0 Å². The fourth-order valence-electron chi connectivity index (χ4n) is 2.68. The quantitative estimate of drug-likeness (QED) is 0.705. The third-order valence-corrected chi connectivity index (χ3v) is 4.33. The lowest BCUT2D eigenvalue weighted by Gasteiger charge is -2.16. The molecule has 1 heterocycles. The molecule has 2 N–H and O–H groups in total. The standard InChI is InChI=1S/C20H24N6O/c1-15(17-6-10-19(11-7-17)26-14-21-13-23-26)24-20(27)22-12-16-4-8-18(9-5-16)25(2)3/h4-11,13-15H,12H2,1-3H3,(H2,22,24,27). The van der Waals surface area contributed by atoms with Crippen molar-refractivity contribution >= 4 is 11.7 Å². The Morgan fingerprint density at radius 1 is 1.11 bits per heavy atom. The molecule has 3 rings (SSSR count). The van der Waals surface area contributed by atoms with E-state index in [1.165, 1.54) is 6.33 Å². The number of anilines is 1. The van der Waals surface area contributed by atoms with E-state index in [-0.39, 0.29) is 12.1 Å². The number of benzene rings is 2. The van der Waals surface area contributed by atoms with Gasteiger partial charge in [0.2, 0.25) is 0 Å². The van der Waals surface area contributed by atoms with Gasteiger partial charge in [-0.1, -0.05) is 24.3 Å². The van der Waals surface area contributed by atoms with E-state index in [4.69, 9.17) is 0 Å². The molecular weight excluding hydrogens is 340 g/mol. The van der Waals surface area contributed by atoms with Crippen LogP contribution in [0.4, 0.5) is 10.5 Å². The lowest BCUT2D eigenvalue weighted by atomic mass is 10.1. The first-order chi connectivity index (χ1) is 13.0. The van der Waals surface area contributed by atoms with Gasteiger partial charge in [0.05, 0.1) is 11.7 Å². The molecule has 0 saturated carbocycles. The van der Waals surface area contributed by atoms with E-state index in [0.29, 0.717) is 6.54 Å². The van der Waals surface area contributed by atoms with Gasteiger partial charge in [-0.25, -0.2) is 14.5 Å². The van der Waals surface area contributed by atoms with Crippen LogP contribution in [0.25, 0.3) is 5.69 Å². The first-order valence-corrected chi connectivity index (χ1v) is 8.78. The number of hydrogen-bond donors (Lipinski definition) is 2. The van der Waals surface area contributed by atoms with Crippen molar-refractivity contribution in [2.24, 2.45) is 0 Å². The molecule has 7 nitrogen and oxygen atoms in total. The van der Waals surface area contributed by atoms with E-state index in [1.54, 1.807) is 11.0 Å². The molecule has 7 heteroatoms. The normalized spacial score (nSPS) is 11.7. The lowest BCUT2D eigenvalue weighted by Crippen LogP contribution is -2.36. The monoisotopic (exact) mass is 364 g/mol. The van der Waals surface area contributed by atoms with Crippen molar-refractivity contribution in [3.63, 3.8) is 0 Å². The highest BCUT2D eigenvalue weighted by Gasteiger charge is 2.09. The first-order valence-electron chi connectivity index (χ1n) is 8.78. The molecule has 140 valence electrons. The molecule has 0 radical (unpaired) electrons. The van der Waals surface area contributed by atoms with Crippen molar-refractivity contribution < 1.29 is 4.79 Å². The molecular formula is C20H24N6O. The van der Waals surface area contributed by atoms with Gasteiger partial charge in [0.1, 0.15) is 12.7 Å². The van der Waals surface area contributed by atoms with Crippen molar-refractivity contribution in [1.82, 2.24) is 25.4 Å². The van der Waals surface area contributed by atoms with E-state index in [9.17, 15) is 4.79 Å². The summed E-state index contributed by atoms with van der Waals surface area (Å²) in [5.74, 6) is 0. The summed E-state index contributed by atoms with van der Waals surface area (Å²) in [6.07, 6.45) is 3.14. The van der Waals surface area contributed by atoms with Crippen LogP contribution in [0.1, 0.15) is 24.1 Å². The third kappa shape index (κ3) is 4.84. The van der Waals surface area contributed by atoms with Crippen LogP contribution in [0.2, 0.25) is 0 Å². The van der Waals surface area contributed by atoms with Crippen LogP contribution in [0, 0.1) is 0 Å². The molecule has 1 unspecified atom stereocenters. The van der Waals surface area contributed by atoms with Crippen molar-refractivity contribution in [3.8, 4) is 5.69 Å². The van der Waals surface area contributed by atoms with Crippen LogP contribution in [-0.2, 0) is 6.54 Å². The summed E-state index contributed by atoms with van der Waals surface area (Å²) >= 11 is 0. The number of carbonyl (C=O) groups excluding carboxylic acids is 1. The molecule has 27 heavy (non-hydrogen) atoms. The number of aromatic nitrogens is 3. The van der Waals surface area contributed by atoms with Gasteiger partial charge in [-0.05, 0) is 42.3 Å². The highest BCUT2D eigenvalue weighted by atomic mass is 16.2. The average molecular weight is 364 g/mol. The number of amides is 2. The highest BCUT2D eigenvalue weighted by molar-refractivity contribution is 5.74. The molecule has 0 bridgehead atoms. The average Bonchev–Trinajstić information content (AvgIpc) is 3.21. The fourth-order valence-corrected chi connectivity index (χ4v) is 2.68. The maximum atomic E-state index is 12.2. The van der Waals surface area contributed by atoms with Gasteiger partial charge >= 0.3 is 6.03 Å². The highest BCUT2D eigenvalue weighted by Crippen LogP contribution is 2.15. The van der Waals surface area contributed by atoms with Crippen molar-refractivity contribution in [2.75, 3.05) is 19.0 Å². The summed E-state index contributed by atoms with van der Waals surface area (Å²) in [7, 11) is 4.00. The maximum Gasteiger partial charge on any atom is 0.315 e. The van der Waals surface area contributed by atoms with Gasteiger partial charge in [0.25, 0.3) is 0 Å². The Kier molecular flexibility index (Phi) is 5.71. The number of hydrogen-bond acceptors (Lipinski definition) is 4. The largest absolute Gasteiger partial charge is 0.378 e. The molecule has 1 aromatic heterocycles. The topological polar surface area (TPSA) is 75.1 Å². The van der Waals surface area contributed by atoms with E-state index in [2.05, 4.69) is 20.7 Å². The SMILES string of the molecule is CC(NC(=O)NCc1ccc(N(C)C)cc1)c1ccc(-n2cncn2)cc1. The van der Waals surface area contributed by atoms with Gasteiger partial charge in [0, 0.05) is 26.3 Å². The molecule has 2 aromatic carbocycles. The Balaban J connectivity index is 1.51. The van der Waals surface area contributed by atoms with E-state index >= 15 is 0 Å². The Morgan fingerprint density at radius 2 is 1.81 bits per heavy atom. The molecule has 0 aliphatic rings. The zero-order chi connectivity index (χ0) is 19.2. The molecule has 0 fully saturated rings. The predicted octanol–water partition coefficient (Wildman–Crippen LogP) is 2.89. The summed E-state index contributed by atoms with van der Waals surface area (Å²) in [5, 5.41) is 9.95. The Morgan fingerprint density at radius 3 is 2.41 bits per heavy atom. The third-order valence-electron chi connectivity index (χ3n) is 4.33. The fraction of sp³-hybridized carbons (Fsp3) is 0.250. The van der Waals surface area contributed by atoms with Gasteiger partial charge in [-0.2, -0.15) is 5.10 Å². The minimum absolute atomic E-state index is 0.106. The zero-order valence-electron chi connectivity index (χ0n) is 15.8. The van der Waals surface area contributed by atoms with Crippen LogP contribution in [-0.4, -0.2) is 34.9 Å². The molecule has 0 spiro atoms. The molecule has 3 aromatic rings. The van der Waals surface area contributed by atoms with Crippen LogP contribution >= 0.6 is 0 Å². The molecule has 0 saturated heterocycles. The summed E-state index contributed by atoms with van der Waals surface area (Å²) in [5.41, 5.74) is 4.13. The minimum atomic E-state index is -0.195. The second kappa shape index (κ2) is 8.35. The van der Waals surface area contributed by atoms with Crippen LogP contribution < -0.4 is 15.5 Å². The zero-order valence-corrected chi connectivity index (χ0v) is 15.8. The number of nitrogens with one attached hydrogen (secondary N) is 2. The van der Waals surface area contributed by atoms with Gasteiger partial charge < -0.3 is 15.5 Å². The number of urea groups is 1. The Bertz CT molecular complexity index is 857. The van der Waals surface area contributed by atoms with E-state index in [1.807, 2.05) is 74.4 Å². The minimum Gasteiger partial charge on any atom is -0.378 e. The second-order valence-corrected chi connectivity index (χ2v) is 6.54. The van der Waals surface area contributed by atoms with Crippen LogP contribution in [0.5, 0.6) is 0 Å². The van der Waals surface area contributed by atoms with Crippen molar-refractivity contribution in [3.05, 3.63) is 72.3 Å². The summed E-state index contributed by atoms with van der Waals surface area (Å²) in [4.78, 5) is 18.2. The molecule has 0 aliphatic heterocycles. The smallest absolute Gasteiger partial charge is 0.315 e. The number of nitrogens with zero attached hydrogens (tertiary/aromatic N) is 4. The van der Waals surface area contributed by atoms with E-state index in [0.717, 1.165) is 22.5 Å². The summed E-state index contributed by atoms with van der Waals surface area (Å²) < 4.78 is 1.69. The second-order valence-electron chi connectivity index (χ2n) is 6.54. The Labute approximate surface area is 159 Å². The van der Waals surface area contributed by atoms with Gasteiger partial charge in [0.15, 0.2) is 0 Å². The summed E-state index contributed by atoms with van der Waals surface area (Å²) in [6, 6.07) is 15.7. The first kappa shape index (κ1) is 18.4. The predicted molar refractivity (Wildman–Crippen MR) is 106 cm³/mol.